The summed E-state index contributed by atoms with van der Waals surface area (Å²) in [6.07, 6.45) is -5.65. The molecule has 2 aliphatic heterocycles. The molecule has 0 spiro atoms. The standard InChI is InChI=1S/C14H26B2O11P2/c1-7(2)23-11-9(5-21-13(11)15)25-29(19,20)27-12-10(6-22-14(12)16)26-28(17,18)24-8(3)4/h7-14H,5-6H2,1-4H3,(H,17,18)(H,19,20)/p-2/t9?,10?,11-,12-,13+,14+/m0/s1. The summed E-state index contributed by atoms with van der Waals surface area (Å²) in [5.74, 6) is 0. The highest BCUT2D eigenvalue weighted by Gasteiger charge is 2.43. The molecule has 164 valence electrons. The van der Waals surface area contributed by atoms with Gasteiger partial charge in [-0.15, -0.1) is 0 Å². The molecule has 2 saturated heterocycles. The van der Waals surface area contributed by atoms with E-state index in [2.05, 4.69) is 4.52 Å². The Kier molecular flexibility index (Phi) is 8.99. The van der Waals surface area contributed by atoms with Crippen LogP contribution in [-0.4, -0.2) is 77.5 Å². The Labute approximate surface area is 172 Å². The predicted molar refractivity (Wildman–Crippen MR) is 97.1 cm³/mol. The van der Waals surface area contributed by atoms with Gasteiger partial charge in [-0.05, 0) is 27.7 Å². The van der Waals surface area contributed by atoms with E-state index in [-0.39, 0.29) is 19.3 Å². The Balaban J connectivity index is 2.03. The first kappa shape index (κ1) is 25.5. The number of rotatable bonds is 10. The smallest absolute Gasteiger partial charge is 0.268 e. The van der Waals surface area contributed by atoms with Crippen molar-refractivity contribution in [2.24, 2.45) is 0 Å². The van der Waals surface area contributed by atoms with Gasteiger partial charge in [-0.2, -0.15) is 0 Å². The molecule has 0 aromatic carbocycles. The van der Waals surface area contributed by atoms with Crippen LogP contribution >= 0.6 is 15.6 Å². The number of phosphoric ester groups is 2. The zero-order valence-corrected chi connectivity index (χ0v) is 18.4. The summed E-state index contributed by atoms with van der Waals surface area (Å²) in [5, 5.41) is 0. The second-order valence-electron chi connectivity index (χ2n) is 7.15. The Bertz CT molecular complexity index is 637. The van der Waals surface area contributed by atoms with Gasteiger partial charge in [0.05, 0.1) is 25.4 Å². The second-order valence-corrected chi connectivity index (χ2v) is 9.78. The van der Waals surface area contributed by atoms with Gasteiger partial charge in [0, 0.05) is 12.0 Å². The summed E-state index contributed by atoms with van der Waals surface area (Å²) in [7, 11) is 1.68. The molecule has 8 atom stereocenters. The lowest BCUT2D eigenvalue weighted by atomic mass is 9.93. The van der Waals surface area contributed by atoms with Gasteiger partial charge < -0.3 is 42.1 Å². The van der Waals surface area contributed by atoms with Gasteiger partial charge in [0.2, 0.25) is 0 Å². The van der Waals surface area contributed by atoms with Crippen LogP contribution in [0.15, 0.2) is 0 Å². The van der Waals surface area contributed by atoms with E-state index < -0.39 is 58.2 Å². The molecule has 15 heteroatoms. The maximum atomic E-state index is 12.4. The molecule has 0 aliphatic carbocycles. The van der Waals surface area contributed by atoms with Crippen LogP contribution in [0.3, 0.4) is 0 Å². The van der Waals surface area contributed by atoms with E-state index in [1.165, 1.54) is 13.8 Å². The topological polar surface area (TPSA) is 145 Å². The lowest BCUT2D eigenvalue weighted by Crippen LogP contribution is -2.40. The lowest BCUT2D eigenvalue weighted by molar-refractivity contribution is -0.246. The molecule has 0 saturated carbocycles. The van der Waals surface area contributed by atoms with Crippen LogP contribution in [0, 0.1) is 0 Å². The molecule has 2 fully saturated rings. The molecule has 2 heterocycles. The van der Waals surface area contributed by atoms with Crippen molar-refractivity contribution >= 4 is 31.3 Å². The monoisotopic (exact) mass is 452 g/mol. The zero-order valence-electron chi connectivity index (χ0n) is 16.6. The molecular formula is C14H24B2O11P2-2. The van der Waals surface area contributed by atoms with Gasteiger partial charge in [-0.3, -0.25) is 9.13 Å². The molecular weight excluding hydrogens is 428 g/mol. The summed E-state index contributed by atoms with van der Waals surface area (Å²) >= 11 is 0. The van der Waals surface area contributed by atoms with Crippen LogP contribution < -0.4 is 9.79 Å². The SMILES string of the molecule is [B][C@@H]1OCC(OP(=O)([O-])O[C@H]2C(OP(=O)([O-])OC(C)C)CO[C@H]2[B])[C@@H]1OC(C)C. The quantitative estimate of drug-likeness (QED) is 0.308. The highest BCUT2D eigenvalue weighted by molar-refractivity contribution is 7.46. The Morgan fingerprint density at radius 3 is 1.83 bits per heavy atom. The van der Waals surface area contributed by atoms with E-state index in [0.717, 1.165) is 0 Å². The van der Waals surface area contributed by atoms with Crippen molar-refractivity contribution in [3.63, 3.8) is 0 Å². The van der Waals surface area contributed by atoms with Crippen LogP contribution in [-0.2, 0) is 41.4 Å². The predicted octanol–water partition coefficient (Wildman–Crippen LogP) is -0.653. The van der Waals surface area contributed by atoms with Crippen LogP contribution in [0.1, 0.15) is 27.7 Å². The summed E-state index contributed by atoms with van der Waals surface area (Å²) < 4.78 is 59.6. The molecule has 0 bridgehead atoms. The van der Waals surface area contributed by atoms with Crippen LogP contribution in [0.5, 0.6) is 0 Å². The van der Waals surface area contributed by atoms with E-state index in [0.29, 0.717) is 0 Å². The van der Waals surface area contributed by atoms with Crippen molar-refractivity contribution in [1.29, 1.82) is 0 Å². The minimum absolute atomic E-state index is 0.140. The maximum Gasteiger partial charge on any atom is 0.268 e. The maximum absolute atomic E-state index is 12.4. The molecule has 0 amide bonds. The highest BCUT2D eigenvalue weighted by Crippen LogP contribution is 2.48. The van der Waals surface area contributed by atoms with Gasteiger partial charge >= 0.3 is 0 Å². The van der Waals surface area contributed by atoms with Crippen molar-refractivity contribution in [2.75, 3.05) is 13.2 Å². The normalized spacial score (nSPS) is 37.1. The van der Waals surface area contributed by atoms with Crippen molar-refractivity contribution in [3.8, 4) is 0 Å². The zero-order chi connectivity index (χ0) is 22.0. The lowest BCUT2D eigenvalue weighted by Gasteiger charge is -2.35. The molecule has 0 aromatic heterocycles. The van der Waals surface area contributed by atoms with E-state index in [1.807, 2.05) is 0 Å². The first-order valence-electron chi connectivity index (χ1n) is 9.05. The molecule has 4 radical (unpaired) electrons. The van der Waals surface area contributed by atoms with Gasteiger partial charge in [0.15, 0.2) is 0 Å². The fourth-order valence-corrected chi connectivity index (χ4v) is 4.99. The van der Waals surface area contributed by atoms with E-state index >= 15 is 0 Å². The fraction of sp³-hybridized carbons (Fsp3) is 1.00. The third-order valence-electron chi connectivity index (χ3n) is 3.84. The summed E-state index contributed by atoms with van der Waals surface area (Å²) in [5.41, 5.74) is 0. The average molecular weight is 452 g/mol. The minimum atomic E-state index is -5.00. The molecule has 2 aliphatic rings. The van der Waals surface area contributed by atoms with E-state index in [4.69, 9.17) is 43.5 Å². The summed E-state index contributed by atoms with van der Waals surface area (Å²) in [6, 6.07) is -2.15. The van der Waals surface area contributed by atoms with Crippen LogP contribution in [0.2, 0.25) is 0 Å². The van der Waals surface area contributed by atoms with Gasteiger partial charge in [0.25, 0.3) is 15.6 Å². The largest absolute Gasteiger partial charge is 0.756 e. The van der Waals surface area contributed by atoms with Gasteiger partial charge in [0.1, 0.15) is 40.1 Å². The van der Waals surface area contributed by atoms with Gasteiger partial charge in [-0.1, -0.05) is 0 Å². The van der Waals surface area contributed by atoms with Crippen molar-refractivity contribution < 1.29 is 51.2 Å². The molecule has 0 N–H and O–H groups in total. The van der Waals surface area contributed by atoms with E-state index in [9.17, 15) is 18.9 Å². The number of hydrogen-bond donors (Lipinski definition) is 0. The Hall–Kier alpha value is 0.230. The summed E-state index contributed by atoms with van der Waals surface area (Å²) in [6.45, 7) is 6.00. The van der Waals surface area contributed by atoms with Crippen LogP contribution in [0.4, 0.5) is 0 Å². The van der Waals surface area contributed by atoms with E-state index in [1.54, 1.807) is 13.8 Å². The Morgan fingerprint density at radius 2 is 1.31 bits per heavy atom. The highest BCUT2D eigenvalue weighted by atomic mass is 31.2. The molecule has 0 aromatic rings. The Morgan fingerprint density at radius 1 is 0.828 bits per heavy atom. The van der Waals surface area contributed by atoms with Crippen molar-refractivity contribution in [1.82, 2.24) is 0 Å². The molecule has 11 nitrogen and oxygen atoms in total. The summed E-state index contributed by atoms with van der Waals surface area (Å²) in [4.78, 5) is 24.3. The first-order valence-corrected chi connectivity index (χ1v) is 12.0. The number of phosphoric acid groups is 2. The van der Waals surface area contributed by atoms with Crippen LogP contribution in [0.25, 0.3) is 0 Å². The third kappa shape index (κ3) is 7.70. The molecule has 4 unspecified atom stereocenters. The second kappa shape index (κ2) is 10.2. The average Bonchev–Trinajstić information content (AvgIpc) is 3.03. The third-order valence-corrected chi connectivity index (χ3v) is 6.07. The number of ether oxygens (including phenoxy) is 3. The fourth-order valence-electron chi connectivity index (χ4n) is 2.79. The molecule has 2 rings (SSSR count). The van der Waals surface area contributed by atoms with Crippen molar-refractivity contribution in [2.45, 2.75) is 76.3 Å². The van der Waals surface area contributed by atoms with Gasteiger partial charge in [-0.25, -0.2) is 0 Å². The first-order chi connectivity index (χ1) is 13.3. The molecule has 29 heavy (non-hydrogen) atoms. The number of hydrogen-bond acceptors (Lipinski definition) is 11. The van der Waals surface area contributed by atoms with Crippen molar-refractivity contribution in [3.05, 3.63) is 0 Å². The minimum Gasteiger partial charge on any atom is -0.756 e.